The maximum Gasteiger partial charge on any atom is 0.290 e. The summed E-state index contributed by atoms with van der Waals surface area (Å²) in [6.45, 7) is 6.49. The zero-order valence-corrected chi connectivity index (χ0v) is 14.0. The van der Waals surface area contributed by atoms with E-state index in [0.717, 1.165) is 23.8 Å². The van der Waals surface area contributed by atoms with Gasteiger partial charge >= 0.3 is 0 Å². The summed E-state index contributed by atoms with van der Waals surface area (Å²) >= 11 is 0. The van der Waals surface area contributed by atoms with Crippen molar-refractivity contribution in [1.29, 1.82) is 0 Å². The minimum atomic E-state index is 0.0230. The number of likely N-dealkylation sites (tertiary alicyclic amines) is 1. The number of aromatic nitrogens is 1. The molecule has 0 N–H and O–H groups in total. The van der Waals surface area contributed by atoms with Crippen molar-refractivity contribution in [3.8, 4) is 0 Å². The fourth-order valence-electron chi connectivity index (χ4n) is 3.76. The third kappa shape index (κ3) is 3.37. The Hall–Kier alpha value is -1.55. The summed E-state index contributed by atoms with van der Waals surface area (Å²) in [6.07, 6.45) is 6.46. The zero-order chi connectivity index (χ0) is 15.8. The molecule has 0 radical (unpaired) electrons. The Morgan fingerprint density at radius 3 is 2.65 bits per heavy atom. The number of nitrogens with zero attached hydrogens (tertiary/aromatic N) is 2. The molecule has 2 aliphatic rings. The first kappa shape index (κ1) is 15.0. The van der Waals surface area contributed by atoms with Crippen LogP contribution in [0.5, 0.6) is 0 Å². The summed E-state index contributed by atoms with van der Waals surface area (Å²) in [5.41, 5.74) is 1.83. The second-order valence-electron chi connectivity index (χ2n) is 7.47. The molecular formula is C19H26N2O2. The van der Waals surface area contributed by atoms with Gasteiger partial charge in [-0.15, -0.1) is 0 Å². The van der Waals surface area contributed by atoms with Crippen molar-refractivity contribution >= 4 is 11.0 Å². The van der Waals surface area contributed by atoms with Gasteiger partial charge in [0.2, 0.25) is 0 Å². The quantitative estimate of drug-likeness (QED) is 0.849. The molecule has 124 valence electrons. The minimum absolute atomic E-state index is 0.0230. The van der Waals surface area contributed by atoms with Gasteiger partial charge in [0.15, 0.2) is 5.58 Å². The van der Waals surface area contributed by atoms with Crippen molar-refractivity contribution in [2.75, 3.05) is 19.6 Å². The predicted molar refractivity (Wildman–Crippen MR) is 91.7 cm³/mol. The molecule has 0 bridgehead atoms. The first-order chi connectivity index (χ1) is 11.2. The van der Waals surface area contributed by atoms with Gasteiger partial charge in [0.1, 0.15) is 0 Å². The molecule has 2 fully saturated rings. The van der Waals surface area contributed by atoms with Crippen molar-refractivity contribution in [2.45, 2.75) is 45.6 Å². The Morgan fingerprint density at radius 1 is 1.13 bits per heavy atom. The van der Waals surface area contributed by atoms with Gasteiger partial charge in [-0.05, 0) is 76.1 Å². The van der Waals surface area contributed by atoms with Crippen molar-refractivity contribution in [3.63, 3.8) is 0 Å². The molecule has 4 heteroatoms. The minimum Gasteiger partial charge on any atom is -0.376 e. The molecule has 1 aliphatic heterocycles. The Morgan fingerprint density at radius 2 is 1.91 bits per heavy atom. The first-order valence-electron chi connectivity index (χ1n) is 9.02. The van der Waals surface area contributed by atoms with E-state index in [4.69, 9.17) is 4.52 Å². The maximum absolute atomic E-state index is 12.4. The van der Waals surface area contributed by atoms with E-state index in [1.807, 2.05) is 25.1 Å². The monoisotopic (exact) mass is 314 g/mol. The normalized spacial score (nSPS) is 20.4. The highest BCUT2D eigenvalue weighted by Crippen LogP contribution is 2.31. The molecule has 1 saturated heterocycles. The molecule has 4 rings (SSSR count). The number of benzene rings is 1. The Bertz CT molecular complexity index is 733. The highest BCUT2D eigenvalue weighted by atomic mass is 16.5. The summed E-state index contributed by atoms with van der Waals surface area (Å²) < 4.78 is 7.28. The van der Waals surface area contributed by atoms with Gasteiger partial charge in [-0.1, -0.05) is 11.6 Å². The van der Waals surface area contributed by atoms with Crippen molar-refractivity contribution in [1.82, 2.24) is 9.64 Å². The van der Waals surface area contributed by atoms with Crippen molar-refractivity contribution in [2.24, 2.45) is 11.8 Å². The summed E-state index contributed by atoms with van der Waals surface area (Å²) in [6, 6.07) is 5.82. The lowest BCUT2D eigenvalue weighted by Gasteiger charge is -2.31. The molecule has 0 atom stereocenters. The van der Waals surface area contributed by atoms with Gasteiger partial charge in [0.25, 0.3) is 5.56 Å². The van der Waals surface area contributed by atoms with Gasteiger partial charge in [-0.25, -0.2) is 0 Å². The van der Waals surface area contributed by atoms with E-state index in [0.29, 0.717) is 17.5 Å². The molecule has 4 nitrogen and oxygen atoms in total. The summed E-state index contributed by atoms with van der Waals surface area (Å²) in [5.74, 6) is 1.72. The number of hydrogen-bond donors (Lipinski definition) is 0. The number of piperidine rings is 1. The molecule has 0 unspecified atom stereocenters. The lowest BCUT2D eigenvalue weighted by atomic mass is 9.93. The Kier molecular flexibility index (Phi) is 4.02. The second-order valence-corrected chi connectivity index (χ2v) is 7.47. The number of fused-ring (bicyclic) bond motifs is 1. The fourth-order valence-corrected chi connectivity index (χ4v) is 3.76. The molecule has 1 aliphatic carbocycles. The number of hydrogen-bond acceptors (Lipinski definition) is 3. The van der Waals surface area contributed by atoms with E-state index < -0.39 is 0 Å². The third-order valence-corrected chi connectivity index (χ3v) is 5.46. The van der Waals surface area contributed by atoms with Crippen LogP contribution in [-0.4, -0.2) is 29.3 Å². The average Bonchev–Trinajstić information content (AvgIpc) is 3.32. The molecule has 1 saturated carbocycles. The van der Waals surface area contributed by atoms with Gasteiger partial charge in [0.05, 0.1) is 11.9 Å². The van der Waals surface area contributed by atoms with Gasteiger partial charge in [-0.3, -0.25) is 4.79 Å². The SMILES string of the molecule is Cc1ccc2on(CCC3CCN(CC4CC4)CC3)c(=O)c2c1. The third-order valence-electron chi connectivity index (χ3n) is 5.46. The van der Waals surface area contributed by atoms with E-state index >= 15 is 0 Å². The summed E-state index contributed by atoms with van der Waals surface area (Å²) in [4.78, 5) is 15.0. The molecule has 1 aromatic carbocycles. The van der Waals surface area contributed by atoms with E-state index in [2.05, 4.69) is 4.90 Å². The number of rotatable bonds is 5. The Labute approximate surface area is 137 Å². The van der Waals surface area contributed by atoms with Crippen LogP contribution in [0.2, 0.25) is 0 Å². The van der Waals surface area contributed by atoms with Crippen LogP contribution in [-0.2, 0) is 6.54 Å². The van der Waals surface area contributed by atoms with E-state index in [9.17, 15) is 4.79 Å². The van der Waals surface area contributed by atoms with Crippen LogP contribution in [0.3, 0.4) is 0 Å². The first-order valence-corrected chi connectivity index (χ1v) is 9.02. The lowest BCUT2D eigenvalue weighted by Crippen LogP contribution is -2.35. The van der Waals surface area contributed by atoms with Crippen LogP contribution in [0, 0.1) is 18.8 Å². The van der Waals surface area contributed by atoms with Gasteiger partial charge in [0, 0.05) is 6.54 Å². The van der Waals surface area contributed by atoms with E-state index in [-0.39, 0.29) is 5.56 Å². The molecule has 2 aromatic rings. The number of aryl methyl sites for hydroxylation is 2. The standard InChI is InChI=1S/C19H26N2O2/c1-14-2-5-18-17(12-14)19(22)21(23-18)11-8-15-6-9-20(10-7-15)13-16-3-4-16/h2,5,12,15-16H,3-4,6-11,13H2,1H3. The van der Waals surface area contributed by atoms with Gasteiger partial charge in [-0.2, -0.15) is 4.74 Å². The van der Waals surface area contributed by atoms with Crippen LogP contribution < -0.4 is 5.56 Å². The van der Waals surface area contributed by atoms with Gasteiger partial charge < -0.3 is 9.42 Å². The molecule has 0 spiro atoms. The van der Waals surface area contributed by atoms with Crippen LogP contribution in [0.4, 0.5) is 0 Å². The molecule has 1 aromatic heterocycles. The largest absolute Gasteiger partial charge is 0.376 e. The van der Waals surface area contributed by atoms with Crippen LogP contribution in [0.15, 0.2) is 27.5 Å². The maximum atomic E-state index is 12.4. The molecular weight excluding hydrogens is 288 g/mol. The van der Waals surface area contributed by atoms with E-state index in [1.165, 1.54) is 45.3 Å². The second kappa shape index (κ2) is 6.16. The van der Waals surface area contributed by atoms with Crippen LogP contribution in [0.1, 0.15) is 37.7 Å². The summed E-state index contributed by atoms with van der Waals surface area (Å²) in [7, 11) is 0. The fraction of sp³-hybridized carbons (Fsp3) is 0.632. The highest BCUT2D eigenvalue weighted by Gasteiger charge is 2.27. The molecule has 2 heterocycles. The van der Waals surface area contributed by atoms with Crippen molar-refractivity contribution < 1.29 is 4.52 Å². The predicted octanol–water partition coefficient (Wildman–Crippen LogP) is 3.42. The van der Waals surface area contributed by atoms with Crippen LogP contribution in [0.25, 0.3) is 11.0 Å². The highest BCUT2D eigenvalue weighted by molar-refractivity contribution is 5.76. The van der Waals surface area contributed by atoms with E-state index in [1.54, 1.807) is 4.74 Å². The molecule has 0 amide bonds. The van der Waals surface area contributed by atoms with Crippen molar-refractivity contribution in [3.05, 3.63) is 34.1 Å². The average molecular weight is 314 g/mol. The summed E-state index contributed by atoms with van der Waals surface area (Å²) in [5, 5.41) is 0.712. The lowest BCUT2D eigenvalue weighted by molar-refractivity contribution is 0.160. The molecule has 23 heavy (non-hydrogen) atoms. The topological polar surface area (TPSA) is 38.4 Å². The smallest absolute Gasteiger partial charge is 0.290 e. The van der Waals surface area contributed by atoms with Crippen LogP contribution >= 0.6 is 0 Å². The zero-order valence-electron chi connectivity index (χ0n) is 14.0. The Balaban J connectivity index is 1.34.